The second-order valence-electron chi connectivity index (χ2n) is 17.8. The smallest absolute Gasteiger partial charge is 0.493 e. The van der Waals surface area contributed by atoms with Crippen LogP contribution in [0.25, 0.3) is 0 Å². The summed E-state index contributed by atoms with van der Waals surface area (Å²) in [6.45, 7) is 10.6. The summed E-state index contributed by atoms with van der Waals surface area (Å²) in [5.41, 5.74) is 4.02. The van der Waals surface area contributed by atoms with Crippen LogP contribution < -0.4 is 38.5 Å². The zero-order chi connectivity index (χ0) is 44.9. The van der Waals surface area contributed by atoms with E-state index < -0.39 is 52.6 Å². The minimum absolute atomic E-state index is 0.0649. The number of aryl methyl sites for hydroxylation is 1. The first-order valence-electron chi connectivity index (χ1n) is 21.0. The Labute approximate surface area is 370 Å². The first kappa shape index (κ1) is 42.9. The van der Waals surface area contributed by atoms with E-state index in [1.807, 2.05) is 20.9 Å². The van der Waals surface area contributed by atoms with Crippen LogP contribution in [0.4, 0.5) is 4.79 Å². The van der Waals surface area contributed by atoms with Gasteiger partial charge in [-0.2, -0.15) is 5.26 Å². The number of methoxy groups -OCH3 is 3. The fourth-order valence-electron chi connectivity index (χ4n) is 10.8. The highest BCUT2D eigenvalue weighted by atomic mass is 32.2. The maximum absolute atomic E-state index is 15.1. The average molecular weight is 885 g/mol. The number of hydrogen-bond acceptors (Lipinski definition) is 17. The van der Waals surface area contributed by atoms with Gasteiger partial charge in [0.2, 0.25) is 6.79 Å². The molecule has 334 valence electrons. The SMILES string of the molecule is COc1cc2c(cc1OC(=O)OC(C)(C)C)CCN[C@]21CS[C@@H]2c3c(OC(C)=O)c(C)c4c(c3[C@H](COC1=O)N1C2[C@@H]2c3c(cc(C)c(OC)c3OC)C[C@@H]([C@@H]1C#N)N2C)OCO4. The van der Waals surface area contributed by atoms with Gasteiger partial charge >= 0.3 is 18.1 Å². The summed E-state index contributed by atoms with van der Waals surface area (Å²) >= 11 is 1.50. The molecule has 3 aromatic rings. The van der Waals surface area contributed by atoms with Crippen LogP contribution in [0.15, 0.2) is 18.2 Å². The van der Waals surface area contributed by atoms with E-state index in [0.29, 0.717) is 70.4 Å². The van der Waals surface area contributed by atoms with Crippen molar-refractivity contribution in [3.8, 4) is 46.3 Å². The van der Waals surface area contributed by atoms with Crippen LogP contribution in [0.3, 0.4) is 0 Å². The Morgan fingerprint density at radius 3 is 2.37 bits per heavy atom. The summed E-state index contributed by atoms with van der Waals surface area (Å²) in [6, 6.07) is 5.69. The molecule has 4 bridgehead atoms. The predicted octanol–water partition coefficient (Wildman–Crippen LogP) is 5.90. The standard InChI is InChI=1S/C46H52N4O12S/c1-21-13-25-14-27-28(17-47)50-29-18-57-43(52)46(26-16-30(54-8)31(15-24(26)11-12-48-46)61-44(53)62-45(4,5)6)19-63-42(36(50)35(49(27)7)32(25)40(56-10)37(21)55-9)34-33(29)41-39(58-20-59-41)22(2)38(34)60-23(3)51/h13,15-16,27-29,35-36,42,48H,11-12,14,18-20H2,1-10H3/t27-,28-,29-,35-,36?,42+,46+/m0/s1. The minimum Gasteiger partial charge on any atom is -0.493 e. The van der Waals surface area contributed by atoms with E-state index in [2.05, 4.69) is 27.3 Å². The fourth-order valence-corrected chi connectivity index (χ4v) is 12.5. The topological polar surface area (TPSA) is 177 Å². The van der Waals surface area contributed by atoms with Gasteiger partial charge in [-0.05, 0) is 88.9 Å². The first-order chi connectivity index (χ1) is 30.1. The molecule has 16 nitrogen and oxygen atoms in total. The highest BCUT2D eigenvalue weighted by Gasteiger charge is 2.62. The molecule has 17 heteroatoms. The molecular weight excluding hydrogens is 833 g/mol. The number of esters is 2. The van der Waals surface area contributed by atoms with Crippen molar-refractivity contribution in [2.75, 3.05) is 54.1 Å². The third kappa shape index (κ3) is 6.62. The number of carbonyl (C=O) groups is 3. The van der Waals surface area contributed by atoms with E-state index >= 15 is 4.79 Å². The van der Waals surface area contributed by atoms with Crippen LogP contribution in [0.5, 0.6) is 40.2 Å². The summed E-state index contributed by atoms with van der Waals surface area (Å²) in [5.74, 6) is 1.94. The van der Waals surface area contributed by atoms with Gasteiger partial charge in [0.05, 0.1) is 44.7 Å². The molecule has 0 radical (unpaired) electrons. The van der Waals surface area contributed by atoms with Crippen LogP contribution in [-0.4, -0.2) is 106 Å². The van der Waals surface area contributed by atoms with Gasteiger partial charge in [0.15, 0.2) is 40.0 Å². The minimum atomic E-state index is -1.42. The Morgan fingerprint density at radius 1 is 0.937 bits per heavy atom. The molecule has 0 aliphatic carbocycles. The van der Waals surface area contributed by atoms with E-state index in [1.54, 1.807) is 47.1 Å². The molecule has 2 saturated heterocycles. The summed E-state index contributed by atoms with van der Waals surface area (Å²) < 4.78 is 54.3. The highest BCUT2D eigenvalue weighted by molar-refractivity contribution is 7.99. The molecule has 3 aromatic carbocycles. The number of piperazine rings is 1. The predicted molar refractivity (Wildman–Crippen MR) is 228 cm³/mol. The van der Waals surface area contributed by atoms with E-state index in [4.69, 9.17) is 42.6 Å². The monoisotopic (exact) mass is 884 g/mol. The van der Waals surface area contributed by atoms with Gasteiger partial charge in [-0.1, -0.05) is 6.07 Å². The van der Waals surface area contributed by atoms with Gasteiger partial charge in [-0.15, -0.1) is 11.8 Å². The largest absolute Gasteiger partial charge is 0.514 e. The van der Waals surface area contributed by atoms with Gasteiger partial charge in [-0.3, -0.25) is 19.9 Å². The molecular formula is C46H52N4O12S. The average Bonchev–Trinajstić information content (AvgIpc) is 3.72. The van der Waals surface area contributed by atoms with E-state index in [9.17, 15) is 14.9 Å². The number of likely N-dealkylation sites (N-methyl/N-ethyl adjacent to an activating group) is 1. The summed E-state index contributed by atoms with van der Waals surface area (Å²) in [7, 11) is 6.78. The fraction of sp³-hybridized carbons (Fsp3) is 0.522. The van der Waals surface area contributed by atoms with Crippen LogP contribution in [0.1, 0.15) is 89.5 Å². The molecule has 7 heterocycles. The molecule has 1 N–H and O–H groups in total. The summed E-state index contributed by atoms with van der Waals surface area (Å²) in [5, 5.41) is 14.3. The number of thioether (sulfide) groups is 1. The normalized spacial score (nSPS) is 26.8. The lowest BCUT2D eigenvalue weighted by Gasteiger charge is -2.62. The Balaban J connectivity index is 1.27. The van der Waals surface area contributed by atoms with Crippen LogP contribution in [0.2, 0.25) is 0 Å². The zero-order valence-corrected chi connectivity index (χ0v) is 37.9. The van der Waals surface area contributed by atoms with Gasteiger partial charge in [0.1, 0.15) is 24.0 Å². The van der Waals surface area contributed by atoms with Gasteiger partial charge < -0.3 is 42.6 Å². The number of benzene rings is 3. The molecule has 7 aliphatic heterocycles. The van der Waals surface area contributed by atoms with Crippen molar-refractivity contribution in [2.45, 2.75) is 101 Å². The third-order valence-electron chi connectivity index (χ3n) is 13.2. The molecule has 10 rings (SSSR count). The Kier molecular flexibility index (Phi) is 10.7. The summed E-state index contributed by atoms with van der Waals surface area (Å²) in [6.07, 6.45) is 0.170. The van der Waals surface area contributed by atoms with E-state index in [0.717, 1.165) is 22.3 Å². The number of hydrogen-bond donors (Lipinski definition) is 1. The molecule has 63 heavy (non-hydrogen) atoms. The van der Waals surface area contributed by atoms with E-state index in [-0.39, 0.29) is 42.7 Å². The van der Waals surface area contributed by atoms with Crippen molar-refractivity contribution in [3.05, 3.63) is 62.7 Å². The lowest BCUT2D eigenvalue weighted by Crippen LogP contribution is -2.69. The molecule has 0 saturated carbocycles. The number of fused-ring (bicyclic) bond motifs is 9. The maximum atomic E-state index is 15.1. The van der Waals surface area contributed by atoms with Crippen LogP contribution in [0, 0.1) is 25.2 Å². The number of carbonyl (C=O) groups excluding carboxylic acids is 3. The van der Waals surface area contributed by atoms with E-state index in [1.165, 1.54) is 25.8 Å². The first-order valence-corrected chi connectivity index (χ1v) is 22.1. The highest BCUT2D eigenvalue weighted by Crippen LogP contribution is 2.65. The maximum Gasteiger partial charge on any atom is 0.514 e. The van der Waals surface area contributed by atoms with Crippen molar-refractivity contribution in [1.82, 2.24) is 15.1 Å². The Hall–Kier alpha value is -5.41. The molecule has 1 unspecified atom stereocenters. The van der Waals surface area contributed by atoms with Gasteiger partial charge in [0, 0.05) is 53.6 Å². The number of ether oxygens (including phenoxy) is 9. The van der Waals surface area contributed by atoms with Crippen LogP contribution in [-0.2, 0) is 37.4 Å². The van der Waals surface area contributed by atoms with Crippen molar-refractivity contribution < 1.29 is 57.0 Å². The number of nitriles is 1. The molecule has 0 amide bonds. The molecule has 7 aliphatic rings. The molecule has 2 fully saturated rings. The Morgan fingerprint density at radius 2 is 1.68 bits per heavy atom. The number of nitrogens with one attached hydrogen (secondary N) is 1. The summed E-state index contributed by atoms with van der Waals surface area (Å²) in [4.78, 5) is 45.6. The molecule has 0 aromatic heterocycles. The zero-order valence-electron chi connectivity index (χ0n) is 37.1. The number of nitrogens with zero attached hydrogens (tertiary/aromatic N) is 3. The van der Waals surface area contributed by atoms with Gasteiger partial charge in [-0.25, -0.2) is 9.59 Å². The van der Waals surface area contributed by atoms with Crippen molar-refractivity contribution in [2.24, 2.45) is 0 Å². The lowest BCUT2D eigenvalue weighted by atomic mass is 9.71. The molecule has 1 spiro atoms. The van der Waals surface area contributed by atoms with Gasteiger partial charge in [0.25, 0.3) is 0 Å². The molecule has 7 atom stereocenters. The number of rotatable bonds is 5. The lowest BCUT2D eigenvalue weighted by molar-refractivity contribution is -0.157. The second-order valence-corrected chi connectivity index (χ2v) is 19.0. The third-order valence-corrected chi connectivity index (χ3v) is 14.7. The van der Waals surface area contributed by atoms with Crippen molar-refractivity contribution >= 4 is 29.9 Å². The second kappa shape index (κ2) is 15.7. The van der Waals surface area contributed by atoms with Crippen molar-refractivity contribution in [1.29, 1.82) is 5.26 Å². The van der Waals surface area contributed by atoms with Crippen LogP contribution >= 0.6 is 11.8 Å². The quantitative estimate of drug-likeness (QED) is 0.182. The Bertz CT molecular complexity index is 2480. The van der Waals surface area contributed by atoms with Crippen molar-refractivity contribution in [3.63, 3.8) is 0 Å².